The Hall–Kier alpha value is -3.00. The van der Waals surface area contributed by atoms with E-state index < -0.39 is 5.97 Å². The van der Waals surface area contributed by atoms with Gasteiger partial charge in [0.2, 0.25) is 0 Å². The molecule has 0 aliphatic carbocycles. The van der Waals surface area contributed by atoms with E-state index >= 15 is 0 Å². The van der Waals surface area contributed by atoms with Gasteiger partial charge in [0.05, 0.1) is 24.3 Å². The molecule has 3 aromatic rings. The number of Topliss-reactive ketones (excluding diaryl/α,β-unsaturated/α-hetero) is 1. The number of hydrogen-bond acceptors (Lipinski definition) is 6. The number of carboxylic acid groups (broad SMARTS) is 1. The van der Waals surface area contributed by atoms with Crippen LogP contribution in [-0.4, -0.2) is 64.7 Å². The third-order valence-corrected chi connectivity index (χ3v) is 4.91. The van der Waals surface area contributed by atoms with Gasteiger partial charge < -0.3 is 24.4 Å². The van der Waals surface area contributed by atoms with Crippen LogP contribution >= 0.6 is 0 Å². The third-order valence-electron chi connectivity index (χ3n) is 4.91. The van der Waals surface area contributed by atoms with Gasteiger partial charge in [-0.3, -0.25) is 4.79 Å². The molecule has 0 saturated carbocycles. The Labute approximate surface area is 220 Å². The van der Waals surface area contributed by atoms with Crippen LogP contribution in [-0.2, 0) is 6.42 Å². The van der Waals surface area contributed by atoms with Gasteiger partial charge in [0.15, 0.2) is 5.78 Å². The number of carbonyl (C=O) groups is 2. The van der Waals surface area contributed by atoms with Crippen LogP contribution in [0.5, 0.6) is 28.7 Å². The minimum absolute atomic E-state index is 0. The first-order chi connectivity index (χ1) is 15.9. The first kappa shape index (κ1) is 27.2. The number of aryl methyl sites for hydroxylation is 1. The average molecular weight is 474 g/mol. The number of aromatic hydroxyl groups is 1. The molecule has 8 heteroatoms. The van der Waals surface area contributed by atoms with Gasteiger partial charge in [-0.2, -0.15) is 0 Å². The Balaban J connectivity index is 0.00000408. The van der Waals surface area contributed by atoms with Crippen molar-refractivity contribution in [1.29, 1.82) is 0 Å². The molecule has 0 saturated heterocycles. The van der Waals surface area contributed by atoms with Crippen molar-refractivity contribution in [2.45, 2.75) is 26.7 Å². The Morgan fingerprint density at radius 3 is 1.97 bits per heavy atom. The van der Waals surface area contributed by atoms with E-state index in [9.17, 15) is 14.7 Å². The topological polar surface area (TPSA) is 102 Å². The summed E-state index contributed by atoms with van der Waals surface area (Å²) in [6.07, 6.45) is 1.32. The van der Waals surface area contributed by atoms with Gasteiger partial charge in [-0.05, 0) is 73.5 Å². The van der Waals surface area contributed by atoms with Gasteiger partial charge in [0, 0.05) is 12.5 Å². The number of ketones is 1. The van der Waals surface area contributed by atoms with E-state index in [1.54, 1.807) is 42.5 Å². The van der Waals surface area contributed by atoms with Crippen molar-refractivity contribution in [3.8, 4) is 28.7 Å². The fourth-order valence-electron chi connectivity index (χ4n) is 3.14. The Morgan fingerprint density at radius 2 is 1.41 bits per heavy atom. The van der Waals surface area contributed by atoms with Crippen molar-refractivity contribution in [2.24, 2.45) is 0 Å². The quantitative estimate of drug-likeness (QED) is 0.233. The molecule has 0 heterocycles. The number of phenolic OH excluding ortho intramolecular Hbond substituents is 1. The van der Waals surface area contributed by atoms with Gasteiger partial charge in [-0.15, -0.1) is 0 Å². The number of ether oxygens (including phenoxy) is 3. The molecule has 7 nitrogen and oxygen atoms in total. The molecule has 0 spiro atoms. The van der Waals surface area contributed by atoms with E-state index in [-0.39, 0.29) is 46.7 Å². The first-order valence-electron chi connectivity index (χ1n) is 10.6. The molecule has 174 valence electrons. The number of hydrogen-bond donors (Lipinski definition) is 2. The molecule has 0 aliphatic rings. The maximum absolute atomic E-state index is 11.6. The maximum atomic E-state index is 11.6. The molecule has 0 amide bonds. The molecule has 0 unspecified atom stereocenters. The summed E-state index contributed by atoms with van der Waals surface area (Å²) in [6.45, 7) is 4.23. The van der Waals surface area contributed by atoms with Crippen LogP contribution in [0.3, 0.4) is 0 Å². The molecular weight excluding hydrogens is 447 g/mol. The van der Waals surface area contributed by atoms with E-state index in [2.05, 4.69) is 0 Å². The fraction of sp³-hybridized carbons (Fsp3) is 0.231. The van der Waals surface area contributed by atoms with Crippen molar-refractivity contribution in [3.05, 3.63) is 77.4 Å². The van der Waals surface area contributed by atoms with Crippen LogP contribution in [0.25, 0.3) is 0 Å². The van der Waals surface area contributed by atoms with E-state index in [0.29, 0.717) is 54.6 Å². The van der Waals surface area contributed by atoms with Gasteiger partial charge in [-0.25, -0.2) is 4.79 Å². The molecule has 3 rings (SSSR count). The van der Waals surface area contributed by atoms with Crippen molar-refractivity contribution in [1.82, 2.24) is 0 Å². The summed E-state index contributed by atoms with van der Waals surface area (Å²) in [5.74, 6) is 1.15. The molecule has 0 aromatic heterocycles. The Bertz CT molecular complexity index is 1110. The normalized spacial score (nSPS) is 10.2. The van der Waals surface area contributed by atoms with Gasteiger partial charge in [0.1, 0.15) is 28.7 Å². The zero-order valence-electron chi connectivity index (χ0n) is 18.5. The molecule has 3 aromatic carbocycles. The fourth-order valence-corrected chi connectivity index (χ4v) is 3.14. The van der Waals surface area contributed by atoms with Gasteiger partial charge >= 0.3 is 35.5 Å². The van der Waals surface area contributed by atoms with Crippen LogP contribution in [0, 0.1) is 0 Å². The summed E-state index contributed by atoms with van der Waals surface area (Å²) in [7, 11) is 0. The molecule has 0 aliphatic heterocycles. The molecule has 0 fully saturated rings. The predicted octanol–water partition coefficient (Wildman–Crippen LogP) is 4.85. The summed E-state index contributed by atoms with van der Waals surface area (Å²) in [5.41, 5.74) is 1.37. The molecule has 0 atom stereocenters. The number of carbonyl (C=O) groups excluding carboxylic acids is 1. The first-order valence-corrected chi connectivity index (χ1v) is 10.6. The molecule has 2 N–H and O–H groups in total. The van der Waals surface area contributed by atoms with Gasteiger partial charge in [0.25, 0.3) is 0 Å². The summed E-state index contributed by atoms with van der Waals surface area (Å²) in [6, 6.07) is 16.5. The van der Waals surface area contributed by atoms with Crippen molar-refractivity contribution in [2.75, 3.05) is 13.2 Å². The zero-order chi connectivity index (χ0) is 23.8. The Kier molecular flexibility index (Phi) is 10.4. The number of aromatic carboxylic acids is 1. The predicted molar refractivity (Wildman–Crippen MR) is 130 cm³/mol. The van der Waals surface area contributed by atoms with Crippen LogP contribution in [0.4, 0.5) is 0 Å². The SMILES string of the molecule is CCc1cc(C(C)=O)c(O)cc1OCCCOc1ccc(Oc2ccc(C(=O)O)cc2)cc1.[NaH]. The van der Waals surface area contributed by atoms with E-state index in [0.717, 1.165) is 5.56 Å². The second-order valence-corrected chi connectivity index (χ2v) is 7.34. The average Bonchev–Trinajstić information content (AvgIpc) is 2.80. The number of carboxylic acids is 1. The molecule has 0 radical (unpaired) electrons. The molecular formula is C26H27NaO7. The van der Waals surface area contributed by atoms with Crippen LogP contribution in [0.2, 0.25) is 0 Å². The Morgan fingerprint density at radius 1 is 0.853 bits per heavy atom. The summed E-state index contributed by atoms with van der Waals surface area (Å²) < 4.78 is 17.2. The number of benzene rings is 3. The summed E-state index contributed by atoms with van der Waals surface area (Å²) in [5, 5.41) is 19.0. The second-order valence-electron chi connectivity index (χ2n) is 7.34. The number of rotatable bonds is 11. The van der Waals surface area contributed by atoms with Gasteiger partial charge in [-0.1, -0.05) is 6.92 Å². The zero-order valence-corrected chi connectivity index (χ0v) is 18.5. The van der Waals surface area contributed by atoms with Crippen molar-refractivity contribution < 1.29 is 34.0 Å². The minimum atomic E-state index is -0.983. The monoisotopic (exact) mass is 474 g/mol. The van der Waals surface area contributed by atoms with Crippen molar-refractivity contribution in [3.63, 3.8) is 0 Å². The molecule has 34 heavy (non-hydrogen) atoms. The van der Waals surface area contributed by atoms with E-state index in [1.807, 2.05) is 6.92 Å². The standard InChI is InChI=1S/C26H26O7.Na.H/c1-3-18-15-23(17(2)27)24(28)16-25(18)32-14-4-13-31-20-9-11-22(12-10-20)33-21-7-5-19(6-8-21)26(29)30;;/h5-12,15-16,28H,3-4,13-14H2,1-2H3,(H,29,30);;. The van der Waals surface area contributed by atoms with Crippen LogP contribution in [0.15, 0.2) is 60.7 Å². The second kappa shape index (κ2) is 13.0. The van der Waals surface area contributed by atoms with E-state index in [4.69, 9.17) is 19.3 Å². The van der Waals surface area contributed by atoms with Crippen LogP contribution in [0.1, 0.15) is 46.5 Å². The summed E-state index contributed by atoms with van der Waals surface area (Å²) in [4.78, 5) is 22.5. The third kappa shape index (κ3) is 7.52. The van der Waals surface area contributed by atoms with Crippen molar-refractivity contribution >= 4 is 41.3 Å². The molecule has 0 bridgehead atoms. The van der Waals surface area contributed by atoms with E-state index in [1.165, 1.54) is 25.1 Å². The number of phenols is 1. The summed E-state index contributed by atoms with van der Waals surface area (Å²) >= 11 is 0. The van der Waals surface area contributed by atoms with Crippen LogP contribution < -0.4 is 14.2 Å².